The van der Waals surface area contributed by atoms with Gasteiger partial charge in [-0.15, -0.1) is 0 Å². The molecule has 0 N–H and O–H groups in total. The lowest BCUT2D eigenvalue weighted by molar-refractivity contribution is 0.640. The van der Waals surface area contributed by atoms with Crippen LogP contribution in [0.25, 0.3) is 0 Å². The number of hydrogen-bond donors (Lipinski definition) is 0. The molecule has 0 aromatic carbocycles. The Morgan fingerprint density at radius 2 is 1.67 bits per heavy atom. The number of rotatable bonds is 1. The molecule has 2 nitrogen and oxygen atoms in total. The second kappa shape index (κ2) is 3.93. The van der Waals surface area contributed by atoms with Crippen LogP contribution in [0, 0.1) is 28.6 Å². The maximum atomic E-state index is 8.63. The molecule has 1 aliphatic rings. The van der Waals surface area contributed by atoms with E-state index in [1.807, 2.05) is 19.1 Å². The van der Waals surface area contributed by atoms with Gasteiger partial charge in [0.05, 0.1) is 0 Å². The van der Waals surface area contributed by atoms with Gasteiger partial charge in [-0.2, -0.15) is 10.5 Å². The molecule has 0 aromatic heterocycles. The first kappa shape index (κ1) is 8.81. The van der Waals surface area contributed by atoms with Gasteiger partial charge in [0.1, 0.15) is 17.7 Å². The van der Waals surface area contributed by atoms with Crippen LogP contribution in [0.2, 0.25) is 0 Å². The van der Waals surface area contributed by atoms with E-state index in [9.17, 15) is 0 Å². The first-order valence-corrected chi connectivity index (χ1v) is 4.30. The molecule has 62 valence electrons. The highest BCUT2D eigenvalue weighted by Crippen LogP contribution is 2.31. The average molecular weight is 160 g/mol. The summed E-state index contributed by atoms with van der Waals surface area (Å²) in [4.78, 5) is 0. The molecule has 12 heavy (non-hydrogen) atoms. The lowest BCUT2D eigenvalue weighted by Crippen LogP contribution is -1.97. The normalized spacial score (nSPS) is 16.6. The molecule has 0 aliphatic heterocycles. The fraction of sp³-hybridized carbons (Fsp3) is 0.600. The van der Waals surface area contributed by atoms with Crippen LogP contribution in [0.5, 0.6) is 0 Å². The van der Waals surface area contributed by atoms with Gasteiger partial charge in [0.2, 0.25) is 0 Å². The van der Waals surface area contributed by atoms with Gasteiger partial charge < -0.3 is 0 Å². The van der Waals surface area contributed by atoms with Gasteiger partial charge in [-0.25, -0.2) is 0 Å². The molecule has 2 heteroatoms. The van der Waals surface area contributed by atoms with E-state index < -0.39 is 0 Å². The second-order valence-corrected chi connectivity index (χ2v) is 3.26. The predicted octanol–water partition coefficient (Wildman–Crippen LogP) is 2.54. The van der Waals surface area contributed by atoms with Crippen LogP contribution < -0.4 is 0 Å². The summed E-state index contributed by atoms with van der Waals surface area (Å²) in [7, 11) is 0. The van der Waals surface area contributed by atoms with Crippen LogP contribution in [0.3, 0.4) is 0 Å². The molecule has 0 unspecified atom stereocenters. The fourth-order valence-corrected chi connectivity index (χ4v) is 1.76. The van der Waals surface area contributed by atoms with Crippen molar-refractivity contribution in [3.8, 4) is 12.1 Å². The molecule has 0 atom stereocenters. The summed E-state index contributed by atoms with van der Waals surface area (Å²) in [5.74, 6) is 0.499. The lowest BCUT2D eigenvalue weighted by atomic mass is 9.95. The highest BCUT2D eigenvalue weighted by Gasteiger charge is 2.19. The SMILES string of the molecule is CC(=C(C#N)C#N)C1CCCC1. The quantitative estimate of drug-likeness (QED) is 0.553. The third kappa shape index (κ3) is 1.66. The minimum absolute atomic E-state index is 0.321. The van der Waals surface area contributed by atoms with Crippen LogP contribution in [-0.4, -0.2) is 0 Å². The van der Waals surface area contributed by atoms with Crippen molar-refractivity contribution in [1.82, 2.24) is 0 Å². The van der Waals surface area contributed by atoms with Crippen molar-refractivity contribution >= 4 is 0 Å². The van der Waals surface area contributed by atoms with Gasteiger partial charge in [0, 0.05) is 0 Å². The van der Waals surface area contributed by atoms with E-state index in [1.54, 1.807) is 0 Å². The van der Waals surface area contributed by atoms with Crippen LogP contribution in [-0.2, 0) is 0 Å². The van der Waals surface area contributed by atoms with Crippen molar-refractivity contribution in [2.24, 2.45) is 5.92 Å². The molecule has 1 rings (SSSR count). The van der Waals surface area contributed by atoms with Crippen LogP contribution >= 0.6 is 0 Å². The number of nitrogens with zero attached hydrogens (tertiary/aromatic N) is 2. The van der Waals surface area contributed by atoms with Gasteiger partial charge in [0.15, 0.2) is 0 Å². The van der Waals surface area contributed by atoms with Gasteiger partial charge >= 0.3 is 0 Å². The molecule has 0 radical (unpaired) electrons. The van der Waals surface area contributed by atoms with E-state index in [0.29, 0.717) is 11.5 Å². The summed E-state index contributed by atoms with van der Waals surface area (Å²) in [6.45, 7) is 1.91. The predicted molar refractivity (Wildman–Crippen MR) is 45.9 cm³/mol. The maximum Gasteiger partial charge on any atom is 0.128 e. The van der Waals surface area contributed by atoms with Crippen molar-refractivity contribution in [1.29, 1.82) is 10.5 Å². The summed E-state index contributed by atoms with van der Waals surface area (Å²) >= 11 is 0. The third-order valence-corrected chi connectivity index (χ3v) is 2.59. The zero-order chi connectivity index (χ0) is 8.97. The summed E-state index contributed by atoms with van der Waals surface area (Å²) in [6, 6.07) is 3.89. The van der Waals surface area contributed by atoms with Crippen molar-refractivity contribution in [2.75, 3.05) is 0 Å². The van der Waals surface area contributed by atoms with E-state index in [-0.39, 0.29) is 0 Å². The van der Waals surface area contributed by atoms with Gasteiger partial charge in [-0.3, -0.25) is 0 Å². The lowest BCUT2D eigenvalue weighted by Gasteiger charge is -2.08. The number of allylic oxidation sites excluding steroid dienone is 2. The first-order valence-electron chi connectivity index (χ1n) is 4.30. The maximum absolute atomic E-state index is 8.63. The van der Waals surface area contributed by atoms with Crippen LogP contribution in [0.15, 0.2) is 11.1 Å². The molecule has 0 saturated heterocycles. The monoisotopic (exact) mass is 160 g/mol. The Labute approximate surface area is 73.1 Å². The Hall–Kier alpha value is -1.28. The Morgan fingerprint density at radius 3 is 2.08 bits per heavy atom. The molecule has 0 spiro atoms. The molecule has 0 amide bonds. The topological polar surface area (TPSA) is 47.6 Å². The molecular weight excluding hydrogens is 148 g/mol. The van der Waals surface area contributed by atoms with E-state index in [4.69, 9.17) is 10.5 Å². The molecule has 0 aromatic rings. The van der Waals surface area contributed by atoms with Crippen molar-refractivity contribution < 1.29 is 0 Å². The number of nitriles is 2. The van der Waals surface area contributed by atoms with Gasteiger partial charge in [0.25, 0.3) is 0 Å². The first-order chi connectivity index (χ1) is 5.79. The van der Waals surface area contributed by atoms with Crippen molar-refractivity contribution in [2.45, 2.75) is 32.6 Å². The van der Waals surface area contributed by atoms with Crippen LogP contribution in [0.1, 0.15) is 32.6 Å². The molecule has 0 heterocycles. The van der Waals surface area contributed by atoms with Gasteiger partial charge in [-0.05, 0) is 31.3 Å². The van der Waals surface area contributed by atoms with Crippen LogP contribution in [0.4, 0.5) is 0 Å². The Bertz CT molecular complexity index is 253. The standard InChI is InChI=1S/C10H12N2/c1-8(10(6-11)7-12)9-4-2-3-5-9/h9H,2-5H2,1H3. The smallest absolute Gasteiger partial charge is 0.128 e. The van der Waals surface area contributed by atoms with Gasteiger partial charge in [-0.1, -0.05) is 12.8 Å². The molecule has 1 saturated carbocycles. The fourth-order valence-electron chi connectivity index (χ4n) is 1.76. The highest BCUT2D eigenvalue weighted by atomic mass is 14.3. The molecule has 0 bridgehead atoms. The van der Waals surface area contributed by atoms with Crippen molar-refractivity contribution in [3.63, 3.8) is 0 Å². The van der Waals surface area contributed by atoms with Crippen molar-refractivity contribution in [3.05, 3.63) is 11.1 Å². The van der Waals surface area contributed by atoms with E-state index >= 15 is 0 Å². The van der Waals surface area contributed by atoms with E-state index in [1.165, 1.54) is 12.8 Å². The Morgan fingerprint density at radius 1 is 1.17 bits per heavy atom. The Kier molecular flexibility index (Phi) is 2.88. The van der Waals surface area contributed by atoms with E-state index in [2.05, 4.69) is 0 Å². The van der Waals surface area contributed by atoms with E-state index in [0.717, 1.165) is 18.4 Å². The summed E-state index contributed by atoms with van der Waals surface area (Å²) < 4.78 is 0. The average Bonchev–Trinajstić information content (AvgIpc) is 2.58. The number of hydrogen-bond acceptors (Lipinski definition) is 2. The molecule has 1 aliphatic carbocycles. The zero-order valence-electron chi connectivity index (χ0n) is 7.30. The zero-order valence-corrected chi connectivity index (χ0v) is 7.30. The minimum Gasteiger partial charge on any atom is -0.192 e. The third-order valence-electron chi connectivity index (χ3n) is 2.59. The highest BCUT2D eigenvalue weighted by molar-refractivity contribution is 5.40. The minimum atomic E-state index is 0.321. The second-order valence-electron chi connectivity index (χ2n) is 3.26. The summed E-state index contributed by atoms with van der Waals surface area (Å²) in [6.07, 6.45) is 4.79. The summed E-state index contributed by atoms with van der Waals surface area (Å²) in [5, 5.41) is 17.3. The molecular formula is C10H12N2. The molecule has 1 fully saturated rings. The summed E-state index contributed by atoms with van der Waals surface area (Å²) in [5.41, 5.74) is 1.32. The largest absolute Gasteiger partial charge is 0.192 e. The Balaban J connectivity index is 2.81.